The number of nitrogens with zero attached hydrogens (tertiary/aromatic N) is 1. The molecule has 0 aliphatic rings. The largest absolute Gasteiger partial charge is 0.340 e. The van der Waals surface area contributed by atoms with E-state index in [9.17, 15) is 19.7 Å². The number of anilines is 1. The maximum Gasteiger partial charge on any atom is 0.270 e. The Balaban J connectivity index is 2.15. The molecular formula is C20H23N3O4S. The fourth-order valence-corrected chi connectivity index (χ4v) is 3.25. The van der Waals surface area contributed by atoms with Crippen molar-refractivity contribution >= 4 is 35.0 Å². The molecule has 7 nitrogen and oxygen atoms in total. The van der Waals surface area contributed by atoms with Crippen molar-refractivity contribution in [3.05, 3.63) is 69.3 Å². The molecule has 0 saturated carbocycles. The molecule has 1 unspecified atom stereocenters. The molecule has 0 aromatic heterocycles. The minimum absolute atomic E-state index is 0.141. The second-order valence-corrected chi connectivity index (χ2v) is 7.47. The average Bonchev–Trinajstić information content (AvgIpc) is 2.64. The van der Waals surface area contributed by atoms with Crippen LogP contribution in [0.5, 0.6) is 0 Å². The normalized spacial score (nSPS) is 11.5. The number of non-ortho nitro benzene ring substituents is 1. The van der Waals surface area contributed by atoms with Crippen LogP contribution in [-0.2, 0) is 4.79 Å². The molecule has 0 fully saturated rings. The molecule has 1 atom stereocenters. The van der Waals surface area contributed by atoms with E-state index in [-0.39, 0.29) is 17.2 Å². The Labute approximate surface area is 168 Å². The first-order chi connectivity index (χ1) is 13.3. The van der Waals surface area contributed by atoms with E-state index >= 15 is 0 Å². The van der Waals surface area contributed by atoms with Crippen molar-refractivity contribution in [1.29, 1.82) is 0 Å². The highest BCUT2D eigenvalue weighted by Gasteiger charge is 2.22. The summed E-state index contributed by atoms with van der Waals surface area (Å²) in [6.45, 7) is 3.88. The third-order valence-corrected chi connectivity index (χ3v) is 4.68. The van der Waals surface area contributed by atoms with E-state index < -0.39 is 16.9 Å². The summed E-state index contributed by atoms with van der Waals surface area (Å²) < 4.78 is 0. The van der Waals surface area contributed by atoms with Gasteiger partial charge in [0, 0.05) is 23.4 Å². The van der Waals surface area contributed by atoms with Crippen LogP contribution in [0.3, 0.4) is 0 Å². The van der Waals surface area contributed by atoms with Gasteiger partial charge in [-0.1, -0.05) is 12.1 Å². The fourth-order valence-electron chi connectivity index (χ4n) is 2.78. The zero-order valence-corrected chi connectivity index (χ0v) is 16.8. The first-order valence-electron chi connectivity index (χ1n) is 8.73. The number of nitro groups is 1. The van der Waals surface area contributed by atoms with E-state index in [2.05, 4.69) is 10.6 Å². The van der Waals surface area contributed by atoms with Gasteiger partial charge in [-0.25, -0.2) is 0 Å². The lowest BCUT2D eigenvalue weighted by atomic mass is 10.1. The van der Waals surface area contributed by atoms with Crippen LogP contribution >= 0.6 is 11.8 Å². The smallest absolute Gasteiger partial charge is 0.270 e. The summed E-state index contributed by atoms with van der Waals surface area (Å²) in [5.41, 5.74) is 2.69. The van der Waals surface area contributed by atoms with Gasteiger partial charge in [-0.05, 0) is 61.6 Å². The van der Waals surface area contributed by atoms with Gasteiger partial charge < -0.3 is 10.6 Å². The Morgan fingerprint density at radius 2 is 1.82 bits per heavy atom. The van der Waals surface area contributed by atoms with Crippen molar-refractivity contribution in [1.82, 2.24) is 5.32 Å². The molecule has 8 heteroatoms. The Morgan fingerprint density at radius 3 is 2.43 bits per heavy atom. The summed E-state index contributed by atoms with van der Waals surface area (Å²) in [7, 11) is 0. The van der Waals surface area contributed by atoms with E-state index in [1.165, 1.54) is 24.3 Å². The predicted octanol–water partition coefficient (Wildman–Crippen LogP) is 3.70. The molecule has 0 saturated heterocycles. The molecule has 2 amide bonds. The van der Waals surface area contributed by atoms with Crippen molar-refractivity contribution in [2.75, 3.05) is 17.3 Å². The van der Waals surface area contributed by atoms with Gasteiger partial charge in [0.05, 0.1) is 4.92 Å². The molecule has 2 rings (SSSR count). The molecule has 0 bridgehead atoms. The van der Waals surface area contributed by atoms with Crippen molar-refractivity contribution in [3.63, 3.8) is 0 Å². The second kappa shape index (κ2) is 9.89. The Bertz CT molecular complexity index is 865. The number of aryl methyl sites for hydroxylation is 2. The Hall–Kier alpha value is -2.87. The number of hydrogen-bond donors (Lipinski definition) is 2. The van der Waals surface area contributed by atoms with E-state index in [4.69, 9.17) is 0 Å². The zero-order chi connectivity index (χ0) is 20.7. The molecule has 0 heterocycles. The highest BCUT2D eigenvalue weighted by atomic mass is 32.2. The number of nitrogens with one attached hydrogen (secondary N) is 2. The highest BCUT2D eigenvalue weighted by molar-refractivity contribution is 7.98. The quantitative estimate of drug-likeness (QED) is 0.519. The van der Waals surface area contributed by atoms with Crippen LogP contribution in [0.4, 0.5) is 11.4 Å². The van der Waals surface area contributed by atoms with Gasteiger partial charge in [0.15, 0.2) is 0 Å². The van der Waals surface area contributed by atoms with Crippen molar-refractivity contribution < 1.29 is 14.5 Å². The number of carbonyl (C=O) groups is 2. The summed E-state index contributed by atoms with van der Waals surface area (Å²) in [5, 5.41) is 16.5. The van der Waals surface area contributed by atoms with Crippen LogP contribution in [0.1, 0.15) is 27.9 Å². The van der Waals surface area contributed by atoms with Gasteiger partial charge >= 0.3 is 0 Å². The molecule has 0 radical (unpaired) electrons. The minimum atomic E-state index is -0.750. The monoisotopic (exact) mass is 401 g/mol. The third-order valence-electron chi connectivity index (χ3n) is 4.04. The maximum atomic E-state index is 12.7. The molecule has 0 aliphatic carbocycles. The minimum Gasteiger partial charge on any atom is -0.340 e. The summed E-state index contributed by atoms with van der Waals surface area (Å²) in [5.74, 6) is -0.164. The predicted molar refractivity (Wildman–Crippen MR) is 112 cm³/mol. The van der Waals surface area contributed by atoms with E-state index in [1.807, 2.05) is 38.3 Å². The molecule has 28 heavy (non-hydrogen) atoms. The van der Waals surface area contributed by atoms with Crippen molar-refractivity contribution in [3.8, 4) is 0 Å². The second-order valence-electron chi connectivity index (χ2n) is 6.48. The van der Waals surface area contributed by atoms with Gasteiger partial charge in [-0.3, -0.25) is 19.7 Å². The zero-order valence-electron chi connectivity index (χ0n) is 16.0. The molecule has 148 valence electrons. The lowest BCUT2D eigenvalue weighted by Crippen LogP contribution is -2.44. The van der Waals surface area contributed by atoms with Crippen molar-refractivity contribution in [2.45, 2.75) is 26.3 Å². The lowest BCUT2D eigenvalue weighted by Gasteiger charge is -2.18. The lowest BCUT2D eigenvalue weighted by molar-refractivity contribution is -0.384. The van der Waals surface area contributed by atoms with Crippen LogP contribution in [0.25, 0.3) is 0 Å². The number of nitro benzene ring substituents is 1. The molecule has 2 aromatic rings. The highest BCUT2D eigenvalue weighted by Crippen LogP contribution is 2.16. The summed E-state index contributed by atoms with van der Waals surface area (Å²) >= 11 is 1.57. The summed E-state index contributed by atoms with van der Waals surface area (Å²) in [6.07, 6.45) is 2.36. The number of benzene rings is 2. The van der Waals surface area contributed by atoms with Crippen LogP contribution in [0.15, 0.2) is 42.5 Å². The maximum absolute atomic E-state index is 12.7. The van der Waals surface area contributed by atoms with Gasteiger partial charge in [0.1, 0.15) is 6.04 Å². The van der Waals surface area contributed by atoms with Crippen LogP contribution in [-0.4, -0.2) is 34.8 Å². The SMILES string of the molecule is CSCCC(NC(=O)c1cccc([N+](=O)[O-])c1)C(=O)Nc1cc(C)cc(C)c1. The standard InChI is InChI=1S/C20H23N3O4S/c1-13-9-14(2)11-16(10-13)21-20(25)18(7-8-28-3)22-19(24)15-5-4-6-17(12-15)23(26)27/h4-6,9-12,18H,7-8H2,1-3H3,(H,21,25)(H,22,24). The van der Waals surface area contributed by atoms with Crippen LogP contribution < -0.4 is 10.6 Å². The number of rotatable bonds is 8. The van der Waals surface area contributed by atoms with Crippen LogP contribution in [0, 0.1) is 24.0 Å². The first-order valence-corrected chi connectivity index (χ1v) is 10.1. The van der Waals surface area contributed by atoms with Gasteiger partial charge in [-0.2, -0.15) is 11.8 Å². The fraction of sp³-hybridized carbons (Fsp3) is 0.300. The summed E-state index contributed by atoms with van der Waals surface area (Å²) in [4.78, 5) is 35.6. The van der Waals surface area contributed by atoms with E-state index in [1.54, 1.807) is 11.8 Å². The van der Waals surface area contributed by atoms with E-state index in [0.29, 0.717) is 17.9 Å². The Morgan fingerprint density at radius 1 is 1.14 bits per heavy atom. The third kappa shape index (κ3) is 6.09. The molecule has 0 spiro atoms. The molecular weight excluding hydrogens is 378 g/mol. The van der Waals surface area contributed by atoms with Crippen molar-refractivity contribution in [2.24, 2.45) is 0 Å². The van der Waals surface area contributed by atoms with Crippen LogP contribution in [0.2, 0.25) is 0 Å². The number of hydrogen-bond acceptors (Lipinski definition) is 5. The molecule has 2 aromatic carbocycles. The van der Waals surface area contributed by atoms with Gasteiger partial charge in [0.2, 0.25) is 5.91 Å². The number of amides is 2. The summed E-state index contributed by atoms with van der Waals surface area (Å²) in [6, 6.07) is 10.4. The molecule has 2 N–H and O–H groups in total. The van der Waals surface area contributed by atoms with E-state index in [0.717, 1.165) is 11.1 Å². The first kappa shape index (κ1) is 21.4. The molecule has 0 aliphatic heterocycles. The van der Waals surface area contributed by atoms with Gasteiger partial charge in [0.25, 0.3) is 11.6 Å². The topological polar surface area (TPSA) is 101 Å². The Kier molecular flexibility index (Phi) is 7.57. The van der Waals surface area contributed by atoms with Gasteiger partial charge in [-0.15, -0.1) is 0 Å². The number of thioether (sulfide) groups is 1. The number of carbonyl (C=O) groups excluding carboxylic acids is 2. The average molecular weight is 401 g/mol.